The minimum Gasteiger partial charge on any atom is -0.395 e. The van der Waals surface area contributed by atoms with Crippen molar-refractivity contribution < 1.29 is 14.3 Å². The van der Waals surface area contributed by atoms with Gasteiger partial charge < -0.3 is 37.0 Å². The molecule has 8 nitrogen and oxygen atoms in total. The van der Waals surface area contributed by atoms with Crippen LogP contribution in [0.4, 0.5) is 4.39 Å². The molecule has 0 radical (unpaired) electrons. The van der Waals surface area contributed by atoms with E-state index in [1.807, 2.05) is 18.3 Å². The van der Waals surface area contributed by atoms with Gasteiger partial charge in [0.2, 0.25) is 0 Å². The summed E-state index contributed by atoms with van der Waals surface area (Å²) in [6.07, 6.45) is 10.4. The number of Topliss-reactive ketones (excluding diaryl/α,β-unsaturated/α-hetero) is 1. The minimum atomic E-state index is -0.501. The van der Waals surface area contributed by atoms with Crippen molar-refractivity contribution in [2.45, 2.75) is 44.4 Å². The maximum atomic E-state index is 14.2. The van der Waals surface area contributed by atoms with Crippen LogP contribution in [0.1, 0.15) is 36.8 Å². The van der Waals surface area contributed by atoms with Crippen molar-refractivity contribution in [1.82, 2.24) is 26.2 Å². The SMILES string of the molecule is CN/C=C(\CN)c1cc(F)cc(CNCC(=O)C2NC=CC3=C2N(CCO)C(C2CCCC2)N3)c1. The van der Waals surface area contributed by atoms with E-state index in [0.717, 1.165) is 35.4 Å². The van der Waals surface area contributed by atoms with Crippen molar-refractivity contribution in [3.8, 4) is 0 Å². The first kappa shape index (κ1) is 25.2. The number of hydrogen-bond donors (Lipinski definition) is 6. The highest BCUT2D eigenvalue weighted by Crippen LogP contribution is 2.36. The molecule has 1 fully saturated rings. The molecule has 0 spiro atoms. The highest BCUT2D eigenvalue weighted by molar-refractivity contribution is 5.89. The lowest BCUT2D eigenvalue weighted by atomic mass is 10.0. The van der Waals surface area contributed by atoms with Crippen LogP contribution in [0, 0.1) is 11.7 Å². The Kier molecular flexibility index (Phi) is 8.43. The molecule has 0 saturated heterocycles. The summed E-state index contributed by atoms with van der Waals surface area (Å²) in [5.74, 6) is 0.157. The highest BCUT2D eigenvalue weighted by atomic mass is 19.1. The number of aliphatic hydroxyl groups is 1. The summed E-state index contributed by atoms with van der Waals surface area (Å²) in [6, 6.07) is 4.31. The van der Waals surface area contributed by atoms with Gasteiger partial charge in [-0.2, -0.15) is 0 Å². The van der Waals surface area contributed by atoms with Crippen molar-refractivity contribution in [3.63, 3.8) is 0 Å². The molecule has 0 amide bonds. The lowest BCUT2D eigenvalue weighted by Gasteiger charge is -2.35. The molecule has 0 bridgehead atoms. The zero-order valence-corrected chi connectivity index (χ0v) is 20.3. The van der Waals surface area contributed by atoms with Gasteiger partial charge in [0.25, 0.3) is 0 Å². The van der Waals surface area contributed by atoms with Gasteiger partial charge in [0.05, 0.1) is 24.5 Å². The van der Waals surface area contributed by atoms with Crippen LogP contribution >= 0.6 is 0 Å². The Labute approximate surface area is 206 Å². The zero-order valence-electron chi connectivity index (χ0n) is 20.3. The van der Waals surface area contributed by atoms with E-state index >= 15 is 0 Å². The Bertz CT molecular complexity index is 1000. The first-order valence-electron chi connectivity index (χ1n) is 12.5. The van der Waals surface area contributed by atoms with Crippen LogP contribution in [-0.2, 0) is 11.3 Å². The maximum Gasteiger partial charge on any atom is 0.174 e. The third kappa shape index (κ3) is 5.69. The van der Waals surface area contributed by atoms with Crippen molar-refractivity contribution in [2.24, 2.45) is 11.7 Å². The number of dihydropyridines is 1. The first-order valence-corrected chi connectivity index (χ1v) is 12.5. The normalized spacial score (nSPS) is 22.3. The number of allylic oxidation sites excluding steroid dienone is 1. The number of β-amino-alcohol motifs (C(OH)–C–C–N with tert-alkyl or cyclic N) is 1. The third-order valence-electron chi connectivity index (χ3n) is 7.02. The number of ketones is 1. The predicted octanol–water partition coefficient (Wildman–Crippen LogP) is 1.11. The number of nitrogens with zero attached hydrogens (tertiary/aromatic N) is 1. The van der Waals surface area contributed by atoms with E-state index in [2.05, 4.69) is 26.2 Å². The summed E-state index contributed by atoms with van der Waals surface area (Å²) >= 11 is 0. The summed E-state index contributed by atoms with van der Waals surface area (Å²) in [6.45, 7) is 1.28. The number of benzene rings is 1. The molecular formula is C26H37FN6O2. The highest BCUT2D eigenvalue weighted by Gasteiger charge is 2.42. The van der Waals surface area contributed by atoms with Gasteiger partial charge in [-0.15, -0.1) is 0 Å². The number of aliphatic hydroxyl groups excluding tert-OH is 1. The van der Waals surface area contributed by atoms with E-state index in [0.29, 0.717) is 24.6 Å². The van der Waals surface area contributed by atoms with Crippen molar-refractivity contribution in [1.29, 1.82) is 0 Å². The molecule has 1 aromatic carbocycles. The number of hydrogen-bond acceptors (Lipinski definition) is 8. The van der Waals surface area contributed by atoms with Crippen molar-refractivity contribution in [2.75, 3.05) is 33.3 Å². The van der Waals surface area contributed by atoms with Gasteiger partial charge in [-0.3, -0.25) is 4.79 Å². The van der Waals surface area contributed by atoms with Gasteiger partial charge in [-0.1, -0.05) is 12.8 Å². The topological polar surface area (TPSA) is 115 Å². The first-order chi connectivity index (χ1) is 17.0. The second-order valence-electron chi connectivity index (χ2n) is 9.36. The van der Waals surface area contributed by atoms with Gasteiger partial charge in [-0.05, 0) is 65.9 Å². The fourth-order valence-corrected chi connectivity index (χ4v) is 5.44. The molecule has 1 aliphatic carbocycles. The molecule has 190 valence electrons. The molecule has 1 aromatic rings. The second-order valence-corrected chi connectivity index (χ2v) is 9.36. The lowest BCUT2D eigenvalue weighted by molar-refractivity contribution is -0.119. The molecule has 35 heavy (non-hydrogen) atoms. The number of halogens is 1. The Hall–Kier alpha value is -2.88. The van der Waals surface area contributed by atoms with Crippen LogP contribution < -0.4 is 27.0 Å². The van der Waals surface area contributed by atoms with Crippen LogP contribution in [0.25, 0.3) is 5.57 Å². The van der Waals surface area contributed by atoms with Crippen LogP contribution in [0.2, 0.25) is 0 Å². The van der Waals surface area contributed by atoms with E-state index in [4.69, 9.17) is 5.73 Å². The lowest BCUT2D eigenvalue weighted by Crippen LogP contribution is -2.49. The van der Waals surface area contributed by atoms with Gasteiger partial charge in [0, 0.05) is 32.9 Å². The summed E-state index contributed by atoms with van der Waals surface area (Å²) in [7, 11) is 1.77. The van der Waals surface area contributed by atoms with E-state index in [1.54, 1.807) is 13.2 Å². The second kappa shape index (κ2) is 11.7. The molecule has 2 unspecified atom stereocenters. The molecule has 3 aliphatic rings. The monoisotopic (exact) mass is 484 g/mol. The average molecular weight is 485 g/mol. The molecule has 2 heterocycles. The van der Waals surface area contributed by atoms with Crippen LogP contribution in [-0.4, -0.2) is 61.3 Å². The molecule has 2 aliphatic heterocycles. The molecular weight excluding hydrogens is 447 g/mol. The number of carbonyl (C=O) groups is 1. The molecule has 2 atom stereocenters. The van der Waals surface area contributed by atoms with Gasteiger partial charge >= 0.3 is 0 Å². The van der Waals surface area contributed by atoms with Gasteiger partial charge in [0.1, 0.15) is 18.0 Å². The van der Waals surface area contributed by atoms with Crippen molar-refractivity contribution in [3.05, 3.63) is 65.0 Å². The number of carbonyl (C=O) groups excluding carboxylic acids is 1. The van der Waals surface area contributed by atoms with E-state index in [1.165, 1.54) is 25.0 Å². The van der Waals surface area contributed by atoms with Gasteiger partial charge in [0.15, 0.2) is 5.78 Å². The molecule has 9 heteroatoms. The quantitative estimate of drug-likeness (QED) is 0.277. The number of rotatable bonds is 11. The zero-order chi connectivity index (χ0) is 24.8. The minimum absolute atomic E-state index is 0.00647. The summed E-state index contributed by atoms with van der Waals surface area (Å²) < 4.78 is 14.2. The Balaban J connectivity index is 1.42. The fourth-order valence-electron chi connectivity index (χ4n) is 5.44. The molecule has 1 saturated carbocycles. The molecule has 4 rings (SSSR count). The molecule has 7 N–H and O–H groups in total. The summed E-state index contributed by atoms with van der Waals surface area (Å²) in [5.41, 5.74) is 9.92. The van der Waals surface area contributed by atoms with E-state index < -0.39 is 6.04 Å². The van der Waals surface area contributed by atoms with Gasteiger partial charge in [-0.25, -0.2) is 4.39 Å². The number of nitrogens with two attached hydrogens (primary N) is 1. The molecule has 0 aromatic heterocycles. The standard InChI is InChI=1S/C26H37FN6O2/c1-29-15-20(13-28)19-10-17(11-21(27)12-19)14-30-16-23(35)24-25-22(6-7-31-24)32-26(33(25)8-9-34)18-4-2-3-5-18/h6-7,10-12,15,18,24,26,29-32,34H,2-5,8-9,13-14,16,28H2,1H3/b20-15+. The van der Waals surface area contributed by atoms with Crippen molar-refractivity contribution >= 4 is 11.4 Å². The maximum absolute atomic E-state index is 14.2. The van der Waals surface area contributed by atoms with E-state index in [-0.39, 0.29) is 37.5 Å². The summed E-state index contributed by atoms with van der Waals surface area (Å²) in [4.78, 5) is 15.4. The Morgan fingerprint density at radius 2 is 2.11 bits per heavy atom. The average Bonchev–Trinajstić information content (AvgIpc) is 3.50. The third-order valence-corrected chi connectivity index (χ3v) is 7.02. The van der Waals surface area contributed by atoms with Crippen LogP contribution in [0.15, 0.2) is 48.1 Å². The van der Waals surface area contributed by atoms with Crippen LogP contribution in [0.5, 0.6) is 0 Å². The Morgan fingerprint density at radius 3 is 2.83 bits per heavy atom. The summed E-state index contributed by atoms with van der Waals surface area (Å²) in [5, 5.41) is 22.7. The Morgan fingerprint density at radius 1 is 1.31 bits per heavy atom. The predicted molar refractivity (Wildman–Crippen MR) is 135 cm³/mol. The number of nitrogens with one attached hydrogen (secondary N) is 4. The smallest absolute Gasteiger partial charge is 0.174 e. The fraction of sp³-hybridized carbons (Fsp3) is 0.500. The van der Waals surface area contributed by atoms with E-state index in [9.17, 15) is 14.3 Å². The van der Waals surface area contributed by atoms with Crippen LogP contribution in [0.3, 0.4) is 0 Å². The largest absolute Gasteiger partial charge is 0.395 e.